The molecule has 0 aromatic rings. The van der Waals surface area contributed by atoms with Gasteiger partial charge in [0.25, 0.3) is 0 Å². The fourth-order valence-electron chi connectivity index (χ4n) is 1.18. The molecule has 0 radical (unpaired) electrons. The second kappa shape index (κ2) is 26.6. The van der Waals surface area contributed by atoms with Gasteiger partial charge in [-0.25, -0.2) is 0 Å². The molecular formula is C15H34O8. The number of aliphatic hydroxyl groups excluding tert-OH is 2. The number of aliphatic hydroxyl groups is 2. The van der Waals surface area contributed by atoms with Gasteiger partial charge in [-0.15, -0.1) is 0 Å². The molecule has 0 rings (SSSR count). The van der Waals surface area contributed by atoms with Gasteiger partial charge < -0.3 is 38.6 Å². The van der Waals surface area contributed by atoms with Gasteiger partial charge in [0.2, 0.25) is 0 Å². The molecule has 0 heterocycles. The summed E-state index contributed by atoms with van der Waals surface area (Å²) in [4.78, 5) is 0. The van der Waals surface area contributed by atoms with E-state index in [0.29, 0.717) is 66.1 Å². The molecular weight excluding hydrogens is 308 g/mol. The summed E-state index contributed by atoms with van der Waals surface area (Å²) >= 11 is 0. The summed E-state index contributed by atoms with van der Waals surface area (Å²) in [6.45, 7) is 8.22. The number of methoxy groups -OCH3 is 1. The van der Waals surface area contributed by atoms with E-state index in [4.69, 9.17) is 38.6 Å². The van der Waals surface area contributed by atoms with Gasteiger partial charge in [0.1, 0.15) is 0 Å². The van der Waals surface area contributed by atoms with Gasteiger partial charge >= 0.3 is 0 Å². The molecule has 142 valence electrons. The molecule has 0 atom stereocenters. The van der Waals surface area contributed by atoms with E-state index in [1.165, 1.54) is 0 Å². The molecule has 0 amide bonds. The predicted molar refractivity (Wildman–Crippen MR) is 85.8 cm³/mol. The zero-order valence-electron chi connectivity index (χ0n) is 14.5. The highest BCUT2D eigenvalue weighted by atomic mass is 16.5. The van der Waals surface area contributed by atoms with Crippen LogP contribution in [0, 0.1) is 0 Å². The van der Waals surface area contributed by atoms with Crippen LogP contribution in [0.15, 0.2) is 0 Å². The Morgan fingerprint density at radius 3 is 1.22 bits per heavy atom. The lowest BCUT2D eigenvalue weighted by atomic mass is 10.7. The van der Waals surface area contributed by atoms with E-state index in [1.807, 2.05) is 6.92 Å². The lowest BCUT2D eigenvalue weighted by Gasteiger charge is -2.04. The Morgan fingerprint density at radius 2 is 0.870 bits per heavy atom. The maximum absolute atomic E-state index is 8.35. The van der Waals surface area contributed by atoms with E-state index in [-0.39, 0.29) is 13.2 Å². The fraction of sp³-hybridized carbons (Fsp3) is 1.00. The molecule has 8 nitrogen and oxygen atoms in total. The summed E-state index contributed by atoms with van der Waals surface area (Å²) < 4.78 is 30.0. The van der Waals surface area contributed by atoms with E-state index in [9.17, 15) is 0 Å². The van der Waals surface area contributed by atoms with Crippen molar-refractivity contribution in [3.8, 4) is 0 Å². The first-order chi connectivity index (χ1) is 11.3. The van der Waals surface area contributed by atoms with Crippen LogP contribution < -0.4 is 0 Å². The highest BCUT2D eigenvalue weighted by Gasteiger charge is 1.89. The third kappa shape index (κ3) is 30.2. The second-order valence-electron chi connectivity index (χ2n) is 4.09. The molecule has 0 saturated heterocycles. The van der Waals surface area contributed by atoms with Crippen LogP contribution in [0.3, 0.4) is 0 Å². The lowest BCUT2D eigenvalue weighted by Crippen LogP contribution is -2.10. The van der Waals surface area contributed by atoms with Crippen molar-refractivity contribution >= 4 is 0 Å². The van der Waals surface area contributed by atoms with Crippen molar-refractivity contribution in [3.63, 3.8) is 0 Å². The van der Waals surface area contributed by atoms with E-state index < -0.39 is 0 Å². The van der Waals surface area contributed by atoms with Crippen molar-refractivity contribution in [2.45, 2.75) is 6.92 Å². The minimum atomic E-state index is 0.0675. The van der Waals surface area contributed by atoms with Crippen molar-refractivity contribution in [2.75, 3.05) is 93.0 Å². The third-order valence-corrected chi connectivity index (χ3v) is 2.22. The first kappa shape index (κ1) is 24.9. The smallest absolute Gasteiger partial charge is 0.0701 e. The van der Waals surface area contributed by atoms with Crippen LogP contribution >= 0.6 is 0 Å². The summed E-state index contributed by atoms with van der Waals surface area (Å²) in [6, 6.07) is 0. The summed E-state index contributed by atoms with van der Waals surface area (Å²) in [7, 11) is 1.63. The standard InChI is InChI=1S/C8H18O4.C7H16O4/c1-2-10-5-6-12-8-7-11-4-3-9;1-9-4-5-11-7-6-10-3-2-8/h9H,2-8H2,1H3;8H,2-7H2,1H3. The molecule has 0 spiro atoms. The summed E-state index contributed by atoms with van der Waals surface area (Å²) in [5.74, 6) is 0. The first-order valence-electron chi connectivity index (χ1n) is 7.92. The van der Waals surface area contributed by atoms with Crippen LogP contribution in [0.25, 0.3) is 0 Å². The number of hydrogen-bond donors (Lipinski definition) is 2. The average Bonchev–Trinajstić information content (AvgIpc) is 2.57. The SMILES string of the molecule is CCOCCOCCOCCO.COCCOCCOCCO. The second-order valence-corrected chi connectivity index (χ2v) is 4.09. The van der Waals surface area contributed by atoms with Crippen LogP contribution in [0.1, 0.15) is 6.92 Å². The fourth-order valence-corrected chi connectivity index (χ4v) is 1.18. The Morgan fingerprint density at radius 1 is 0.522 bits per heavy atom. The van der Waals surface area contributed by atoms with Crippen molar-refractivity contribution in [1.82, 2.24) is 0 Å². The number of hydrogen-bond acceptors (Lipinski definition) is 8. The first-order valence-corrected chi connectivity index (χ1v) is 7.92. The van der Waals surface area contributed by atoms with Crippen LogP contribution in [-0.4, -0.2) is 103 Å². The Bertz CT molecular complexity index is 165. The molecule has 0 aromatic heterocycles. The molecule has 0 aliphatic carbocycles. The van der Waals surface area contributed by atoms with E-state index >= 15 is 0 Å². The molecule has 0 aromatic carbocycles. The van der Waals surface area contributed by atoms with E-state index in [1.54, 1.807) is 7.11 Å². The maximum Gasteiger partial charge on any atom is 0.0701 e. The van der Waals surface area contributed by atoms with Crippen LogP contribution in [0.2, 0.25) is 0 Å². The third-order valence-electron chi connectivity index (χ3n) is 2.22. The molecule has 0 aliphatic heterocycles. The molecule has 8 heteroatoms. The lowest BCUT2D eigenvalue weighted by molar-refractivity contribution is 0.00965. The van der Waals surface area contributed by atoms with E-state index in [0.717, 1.165) is 6.61 Å². The Kier molecular flexibility index (Phi) is 28.8. The minimum absolute atomic E-state index is 0.0675. The summed E-state index contributed by atoms with van der Waals surface area (Å²) in [5, 5.41) is 16.7. The van der Waals surface area contributed by atoms with Crippen LogP contribution in [0.5, 0.6) is 0 Å². The maximum atomic E-state index is 8.35. The molecule has 0 fully saturated rings. The zero-order valence-corrected chi connectivity index (χ0v) is 14.5. The highest BCUT2D eigenvalue weighted by Crippen LogP contribution is 1.80. The summed E-state index contributed by atoms with van der Waals surface area (Å²) in [5.41, 5.74) is 0. The van der Waals surface area contributed by atoms with Crippen molar-refractivity contribution in [3.05, 3.63) is 0 Å². The molecule has 0 unspecified atom stereocenters. The topological polar surface area (TPSA) is 95.8 Å². The van der Waals surface area contributed by atoms with Crippen LogP contribution in [-0.2, 0) is 28.4 Å². The van der Waals surface area contributed by atoms with E-state index in [2.05, 4.69) is 0 Å². The molecule has 23 heavy (non-hydrogen) atoms. The largest absolute Gasteiger partial charge is 0.394 e. The molecule has 0 bridgehead atoms. The predicted octanol–water partition coefficient (Wildman–Crippen LogP) is -0.293. The van der Waals surface area contributed by atoms with Crippen molar-refractivity contribution in [1.29, 1.82) is 0 Å². The Balaban J connectivity index is 0. The molecule has 0 aliphatic rings. The van der Waals surface area contributed by atoms with Gasteiger partial charge in [-0.3, -0.25) is 0 Å². The van der Waals surface area contributed by atoms with Gasteiger partial charge in [0.05, 0.1) is 79.3 Å². The number of ether oxygens (including phenoxy) is 6. The molecule has 0 saturated carbocycles. The van der Waals surface area contributed by atoms with Gasteiger partial charge in [0, 0.05) is 13.7 Å². The Labute approximate surface area is 139 Å². The molecule has 2 N–H and O–H groups in total. The van der Waals surface area contributed by atoms with Gasteiger partial charge in [0.15, 0.2) is 0 Å². The van der Waals surface area contributed by atoms with Crippen molar-refractivity contribution in [2.24, 2.45) is 0 Å². The highest BCUT2D eigenvalue weighted by molar-refractivity contribution is 4.32. The van der Waals surface area contributed by atoms with Crippen LogP contribution in [0.4, 0.5) is 0 Å². The van der Waals surface area contributed by atoms with Gasteiger partial charge in [-0.2, -0.15) is 0 Å². The minimum Gasteiger partial charge on any atom is -0.394 e. The van der Waals surface area contributed by atoms with Gasteiger partial charge in [-0.05, 0) is 6.92 Å². The average molecular weight is 342 g/mol. The zero-order chi connectivity index (χ0) is 17.4. The quantitative estimate of drug-likeness (QED) is 0.348. The van der Waals surface area contributed by atoms with Gasteiger partial charge in [-0.1, -0.05) is 0 Å². The monoisotopic (exact) mass is 342 g/mol. The van der Waals surface area contributed by atoms with Crippen molar-refractivity contribution < 1.29 is 38.6 Å². The number of rotatable bonds is 17. The normalized spacial score (nSPS) is 10.4. The Hall–Kier alpha value is -0.320. The summed E-state index contributed by atoms with van der Waals surface area (Å²) in [6.07, 6.45) is 0.